The fraction of sp³-hybridized carbons (Fsp3) is 0.481. The summed E-state index contributed by atoms with van der Waals surface area (Å²) in [4.78, 5) is 62.8. The molecule has 2 aliphatic heterocycles. The Morgan fingerprint density at radius 2 is 1.07 bits per heavy atom. The predicted octanol–water partition coefficient (Wildman–Crippen LogP) is 12.1. The molecule has 2 aliphatic rings. The number of hydrogen-bond acceptors (Lipinski definition) is 16. The molecule has 6 aromatic rings. The summed E-state index contributed by atoms with van der Waals surface area (Å²) in [6, 6.07) is 20.2. The van der Waals surface area contributed by atoms with E-state index in [0.717, 1.165) is 38.8 Å². The fourth-order valence-corrected chi connectivity index (χ4v) is 9.92. The molecular weight excluding hydrogens is 981 g/mol. The van der Waals surface area contributed by atoms with Gasteiger partial charge in [0.2, 0.25) is 20.0 Å². The molecule has 21 heteroatoms. The molecule has 0 amide bonds. The maximum Gasteiger partial charge on any atom is 0.419 e. The molecule has 4 aromatic heterocycles. The third-order valence-corrected chi connectivity index (χ3v) is 17.9. The van der Waals surface area contributed by atoms with E-state index in [4.69, 9.17) is 23.4 Å². The number of phenols is 1. The van der Waals surface area contributed by atoms with Gasteiger partial charge in [-0.2, -0.15) is 0 Å². The number of rotatable bonds is 10. The highest BCUT2D eigenvalue weighted by Crippen LogP contribution is 2.41. The molecule has 0 radical (unpaired) electrons. The number of aromatic hydroxyl groups is 1. The van der Waals surface area contributed by atoms with Gasteiger partial charge >= 0.3 is 23.8 Å². The quantitative estimate of drug-likeness (QED) is 0.0764. The molecule has 75 heavy (non-hydrogen) atoms. The van der Waals surface area contributed by atoms with Crippen LogP contribution in [0.15, 0.2) is 72.8 Å². The second-order valence-corrected chi connectivity index (χ2v) is 27.2. The first-order chi connectivity index (χ1) is 35.1. The molecule has 0 spiro atoms. The molecule has 2 atom stereocenters. The van der Waals surface area contributed by atoms with Crippen LogP contribution in [0.5, 0.6) is 11.5 Å². The third kappa shape index (κ3) is 12.7. The van der Waals surface area contributed by atoms with E-state index >= 15 is 0 Å². The van der Waals surface area contributed by atoms with Crippen LogP contribution in [0.3, 0.4) is 0 Å². The molecule has 0 saturated carbocycles. The van der Waals surface area contributed by atoms with Gasteiger partial charge in [-0.05, 0) is 166 Å². The van der Waals surface area contributed by atoms with Crippen LogP contribution in [0, 0.1) is 20.2 Å². The first kappa shape index (κ1) is 55.6. The predicted molar refractivity (Wildman–Crippen MR) is 291 cm³/mol. The summed E-state index contributed by atoms with van der Waals surface area (Å²) >= 11 is 0. The number of piperidine rings is 2. The first-order valence-electron chi connectivity index (χ1n) is 25.1. The van der Waals surface area contributed by atoms with Gasteiger partial charge in [-0.25, -0.2) is 18.7 Å². The van der Waals surface area contributed by atoms with E-state index in [9.17, 15) is 34.9 Å². The van der Waals surface area contributed by atoms with Crippen molar-refractivity contribution in [1.29, 1.82) is 0 Å². The van der Waals surface area contributed by atoms with Crippen molar-refractivity contribution in [3.05, 3.63) is 93.0 Å². The van der Waals surface area contributed by atoms with E-state index in [0.29, 0.717) is 58.0 Å². The van der Waals surface area contributed by atoms with Crippen LogP contribution in [0.1, 0.15) is 88.0 Å². The van der Waals surface area contributed by atoms with Gasteiger partial charge < -0.3 is 58.5 Å². The van der Waals surface area contributed by atoms with Crippen molar-refractivity contribution in [2.45, 2.75) is 130 Å². The zero-order valence-electron chi connectivity index (χ0n) is 45.3. The maximum atomic E-state index is 13.5. The van der Waals surface area contributed by atoms with Gasteiger partial charge in [0, 0.05) is 63.3 Å². The Bertz CT molecular complexity index is 3110. The van der Waals surface area contributed by atoms with Gasteiger partial charge in [-0.15, -0.1) is 0 Å². The number of ether oxygens (including phenoxy) is 4. The summed E-state index contributed by atoms with van der Waals surface area (Å²) in [5, 5.41) is 35.6. The van der Waals surface area contributed by atoms with E-state index in [2.05, 4.69) is 43.8 Å². The SMILES string of the molecule is CO[C@H]1CCCN(c2ccc(-c3cc4cc(O)ccc4n3C(=O)OC(C)(C)C)c([N+](=O)[O-])n2)C1.CO[C@H]1CCCN(c2ccc(-c3cc4cc(O[Si](C)(C)C(C)(C)C)ccc4n3C(=O)OC(C)(C)C)c([N+](=O)[O-])n2)C1. The molecule has 1 N–H and O–H groups in total. The minimum atomic E-state index is -2.12. The lowest BCUT2D eigenvalue weighted by molar-refractivity contribution is -0.388. The van der Waals surface area contributed by atoms with E-state index < -0.39 is 41.6 Å². The zero-order chi connectivity index (χ0) is 54.9. The van der Waals surface area contributed by atoms with E-state index in [1.807, 2.05) is 21.9 Å². The highest BCUT2D eigenvalue weighted by atomic mass is 28.4. The average molecular weight is 1050 g/mol. The number of aromatic nitrogens is 4. The van der Waals surface area contributed by atoms with Crippen LogP contribution in [0.25, 0.3) is 44.3 Å². The van der Waals surface area contributed by atoms with E-state index in [-0.39, 0.29) is 51.5 Å². The zero-order valence-corrected chi connectivity index (χ0v) is 46.3. The Labute approximate surface area is 437 Å². The Morgan fingerprint density at radius 1 is 0.640 bits per heavy atom. The number of carbonyl (C=O) groups is 2. The van der Waals surface area contributed by atoms with Crippen LogP contribution >= 0.6 is 0 Å². The number of phenolic OH excluding ortho intramolecular Hbond substituents is 1. The normalized spacial score (nSPS) is 16.6. The number of methoxy groups -OCH3 is 2. The number of pyridine rings is 2. The van der Waals surface area contributed by atoms with Gasteiger partial charge in [0.1, 0.15) is 22.7 Å². The lowest BCUT2D eigenvalue weighted by atomic mass is 10.1. The molecule has 0 unspecified atom stereocenters. The van der Waals surface area contributed by atoms with Crippen LogP contribution in [0.4, 0.5) is 32.9 Å². The lowest BCUT2D eigenvalue weighted by Crippen LogP contribution is -2.43. The second-order valence-electron chi connectivity index (χ2n) is 22.5. The molecule has 402 valence electrons. The number of nitro groups is 2. The number of nitrogens with zero attached hydrogens (tertiary/aromatic N) is 8. The Morgan fingerprint density at radius 3 is 1.47 bits per heavy atom. The molecule has 20 nitrogen and oxygen atoms in total. The first-order valence-corrected chi connectivity index (χ1v) is 28.0. The van der Waals surface area contributed by atoms with Crippen LogP contribution < -0.4 is 14.2 Å². The van der Waals surface area contributed by atoms with Gasteiger partial charge in [-0.1, -0.05) is 20.8 Å². The fourth-order valence-electron chi connectivity index (χ4n) is 8.90. The molecule has 8 rings (SSSR count). The van der Waals surface area contributed by atoms with Crippen LogP contribution in [-0.2, 0) is 18.9 Å². The monoisotopic (exact) mass is 1050 g/mol. The minimum absolute atomic E-state index is 0.00121. The van der Waals surface area contributed by atoms with Gasteiger partial charge in [0.05, 0.1) is 45.8 Å². The molecule has 0 aliphatic carbocycles. The largest absolute Gasteiger partial charge is 0.543 e. The minimum Gasteiger partial charge on any atom is -0.543 e. The van der Waals surface area contributed by atoms with Crippen molar-refractivity contribution in [1.82, 2.24) is 19.1 Å². The smallest absolute Gasteiger partial charge is 0.419 e. The highest BCUT2D eigenvalue weighted by molar-refractivity contribution is 6.74. The summed E-state index contributed by atoms with van der Waals surface area (Å²) in [5.74, 6) is 1.00. The maximum absolute atomic E-state index is 13.5. The molecule has 2 aromatic carbocycles. The third-order valence-electron chi connectivity index (χ3n) is 13.6. The van der Waals surface area contributed by atoms with Gasteiger partial charge in [-0.3, -0.25) is 0 Å². The van der Waals surface area contributed by atoms with Gasteiger partial charge in [0.25, 0.3) is 0 Å². The number of fused-ring (bicyclic) bond motifs is 2. The van der Waals surface area contributed by atoms with Crippen molar-refractivity contribution in [3.63, 3.8) is 0 Å². The number of benzene rings is 2. The summed E-state index contributed by atoms with van der Waals surface area (Å²) in [6.07, 6.45) is 2.44. The van der Waals surface area contributed by atoms with Crippen LogP contribution in [-0.4, -0.2) is 118 Å². The second kappa shape index (κ2) is 21.6. The molecule has 0 bridgehead atoms. The van der Waals surface area contributed by atoms with E-state index in [1.165, 1.54) is 21.3 Å². The van der Waals surface area contributed by atoms with E-state index in [1.54, 1.807) is 104 Å². The molecule has 6 heterocycles. The number of anilines is 2. The summed E-state index contributed by atoms with van der Waals surface area (Å²) < 4.78 is 31.5. The van der Waals surface area contributed by atoms with Crippen molar-refractivity contribution in [3.8, 4) is 34.0 Å². The topological polar surface area (TPSA) is 229 Å². The standard InChI is InChI=1S/C30H42N4O6Si.C24H28N4O6/c1-29(2,3)39-28(35)33-24-14-12-21(40-41(8,9)30(4,5)6)17-20(24)18-25(33)23-13-15-26(31-27(23)34(36)37)32-16-10-11-22(19-32)38-7;1-24(2,3)34-23(30)27-19-9-7-16(29)12-15(19)13-20(27)18-8-10-21(25-22(18)28(31)32)26-11-5-6-17(14-26)33-4/h12-15,17-18,22H,10-11,16,19H2,1-9H3;7-10,12-13,17,29H,5-6,11,14H2,1-4H3/t22-;17-/m00/s1. The highest BCUT2D eigenvalue weighted by Gasteiger charge is 2.39. The lowest BCUT2D eigenvalue weighted by Gasteiger charge is -2.36. The summed E-state index contributed by atoms with van der Waals surface area (Å²) in [6.45, 7) is 24.1. The van der Waals surface area contributed by atoms with Crippen LogP contribution in [0.2, 0.25) is 18.1 Å². The Hall–Kier alpha value is -7.10. The van der Waals surface area contributed by atoms with Crippen molar-refractivity contribution < 1.29 is 47.9 Å². The number of carbonyl (C=O) groups excluding carboxylic acids is 2. The molecule has 2 fully saturated rings. The average Bonchev–Trinajstić information content (AvgIpc) is 3.91. The van der Waals surface area contributed by atoms with Gasteiger partial charge in [0.15, 0.2) is 0 Å². The Balaban J connectivity index is 0.000000222. The van der Waals surface area contributed by atoms with Crippen molar-refractivity contribution >= 4 is 65.6 Å². The number of hydrogen-bond donors (Lipinski definition) is 1. The van der Waals surface area contributed by atoms with Crippen molar-refractivity contribution in [2.24, 2.45) is 0 Å². The molecule has 2 saturated heterocycles. The summed E-state index contributed by atoms with van der Waals surface area (Å²) in [5.41, 5.74) is 0.475. The Kier molecular flexibility index (Phi) is 16.0. The van der Waals surface area contributed by atoms with Crippen molar-refractivity contribution in [2.75, 3.05) is 50.2 Å². The summed E-state index contributed by atoms with van der Waals surface area (Å²) in [7, 11) is 1.20. The molecular formula is C54H70N8O12Si.